The van der Waals surface area contributed by atoms with Crippen molar-refractivity contribution in [2.24, 2.45) is 0 Å². The van der Waals surface area contributed by atoms with E-state index in [0.717, 1.165) is 12.8 Å². The first-order valence-electron chi connectivity index (χ1n) is 6.47. The molecule has 98 valence electrons. The van der Waals surface area contributed by atoms with Gasteiger partial charge in [0.05, 0.1) is 13.0 Å². The molecule has 0 spiro atoms. The second kappa shape index (κ2) is 5.11. The standard InChI is InChI=1S/C15H21NO2/c1-4-18-14(17)11-15(16(2)3)9-12-7-5-6-8-13(12)10-15/h5-8H,4,9-11H2,1-3H3. The summed E-state index contributed by atoms with van der Waals surface area (Å²) in [4.78, 5) is 14.0. The Morgan fingerprint density at radius 2 is 1.83 bits per heavy atom. The van der Waals surface area contributed by atoms with Crippen LogP contribution in [0.4, 0.5) is 0 Å². The molecule has 1 aliphatic rings. The van der Waals surface area contributed by atoms with E-state index in [4.69, 9.17) is 4.74 Å². The molecule has 1 aromatic rings. The third-order valence-corrected chi connectivity index (χ3v) is 3.88. The smallest absolute Gasteiger partial charge is 0.307 e. The van der Waals surface area contributed by atoms with Crippen molar-refractivity contribution in [2.45, 2.75) is 31.7 Å². The topological polar surface area (TPSA) is 29.5 Å². The Labute approximate surface area is 109 Å². The second-order valence-corrected chi connectivity index (χ2v) is 5.22. The highest BCUT2D eigenvalue weighted by atomic mass is 16.5. The second-order valence-electron chi connectivity index (χ2n) is 5.22. The van der Waals surface area contributed by atoms with E-state index in [2.05, 4.69) is 29.2 Å². The Bertz CT molecular complexity index is 415. The molecule has 3 heteroatoms. The quantitative estimate of drug-likeness (QED) is 0.763. The number of ether oxygens (including phenoxy) is 1. The number of carbonyl (C=O) groups is 1. The fraction of sp³-hybridized carbons (Fsp3) is 0.533. The highest BCUT2D eigenvalue weighted by molar-refractivity contribution is 5.71. The third-order valence-electron chi connectivity index (χ3n) is 3.88. The summed E-state index contributed by atoms with van der Waals surface area (Å²) in [6, 6.07) is 8.45. The van der Waals surface area contributed by atoms with E-state index in [-0.39, 0.29) is 11.5 Å². The van der Waals surface area contributed by atoms with E-state index >= 15 is 0 Å². The third kappa shape index (κ3) is 2.41. The van der Waals surface area contributed by atoms with E-state index in [9.17, 15) is 4.79 Å². The van der Waals surface area contributed by atoms with Crippen LogP contribution >= 0.6 is 0 Å². The van der Waals surface area contributed by atoms with Crippen LogP contribution in [0.15, 0.2) is 24.3 Å². The van der Waals surface area contributed by atoms with Crippen molar-refractivity contribution >= 4 is 5.97 Å². The Kier molecular flexibility index (Phi) is 3.71. The minimum atomic E-state index is -0.115. The molecule has 1 aliphatic carbocycles. The number of nitrogens with zero attached hydrogens (tertiary/aromatic N) is 1. The fourth-order valence-electron chi connectivity index (χ4n) is 2.75. The molecular weight excluding hydrogens is 226 g/mol. The number of hydrogen-bond acceptors (Lipinski definition) is 3. The van der Waals surface area contributed by atoms with Crippen molar-refractivity contribution in [3.05, 3.63) is 35.4 Å². The van der Waals surface area contributed by atoms with Gasteiger partial charge in [-0.3, -0.25) is 4.79 Å². The predicted molar refractivity (Wildman–Crippen MR) is 71.5 cm³/mol. The number of fused-ring (bicyclic) bond motifs is 1. The van der Waals surface area contributed by atoms with Gasteiger partial charge in [0.2, 0.25) is 0 Å². The fourth-order valence-corrected chi connectivity index (χ4v) is 2.75. The first kappa shape index (κ1) is 13.1. The lowest BCUT2D eigenvalue weighted by molar-refractivity contribution is -0.146. The number of esters is 1. The number of rotatable bonds is 4. The summed E-state index contributed by atoms with van der Waals surface area (Å²) in [5.41, 5.74) is 2.60. The van der Waals surface area contributed by atoms with Gasteiger partial charge in [0, 0.05) is 5.54 Å². The molecule has 0 heterocycles. The average Bonchev–Trinajstić information content (AvgIpc) is 2.68. The number of carbonyl (C=O) groups excluding carboxylic acids is 1. The molecule has 1 aromatic carbocycles. The SMILES string of the molecule is CCOC(=O)CC1(N(C)C)Cc2ccccc2C1. The van der Waals surface area contributed by atoms with E-state index in [1.165, 1.54) is 11.1 Å². The number of benzene rings is 1. The van der Waals surface area contributed by atoms with Crippen molar-refractivity contribution in [3.63, 3.8) is 0 Å². The van der Waals surface area contributed by atoms with E-state index in [1.54, 1.807) is 0 Å². The molecule has 0 atom stereocenters. The zero-order chi connectivity index (χ0) is 13.2. The molecule has 0 saturated heterocycles. The normalized spacial score (nSPS) is 16.7. The van der Waals surface area contributed by atoms with Gasteiger partial charge in [0.15, 0.2) is 0 Å². The van der Waals surface area contributed by atoms with Crippen molar-refractivity contribution < 1.29 is 9.53 Å². The minimum absolute atomic E-state index is 0.0981. The lowest BCUT2D eigenvalue weighted by Crippen LogP contribution is -2.47. The van der Waals surface area contributed by atoms with Gasteiger partial charge >= 0.3 is 5.97 Å². The summed E-state index contributed by atoms with van der Waals surface area (Å²) in [5, 5.41) is 0. The molecule has 2 rings (SSSR count). The van der Waals surface area contributed by atoms with Gasteiger partial charge in [-0.15, -0.1) is 0 Å². The van der Waals surface area contributed by atoms with E-state index in [0.29, 0.717) is 13.0 Å². The summed E-state index contributed by atoms with van der Waals surface area (Å²) in [7, 11) is 4.09. The van der Waals surface area contributed by atoms with Crippen molar-refractivity contribution in [2.75, 3.05) is 20.7 Å². The summed E-state index contributed by atoms with van der Waals surface area (Å²) in [6.45, 7) is 2.30. The van der Waals surface area contributed by atoms with Crippen LogP contribution in [-0.4, -0.2) is 37.1 Å². The maximum Gasteiger partial charge on any atom is 0.307 e. The lowest BCUT2D eigenvalue weighted by atomic mass is 9.90. The van der Waals surface area contributed by atoms with Crippen molar-refractivity contribution in [1.82, 2.24) is 4.90 Å². The monoisotopic (exact) mass is 247 g/mol. The van der Waals surface area contributed by atoms with Crippen molar-refractivity contribution in [3.8, 4) is 0 Å². The average molecular weight is 247 g/mol. The maximum atomic E-state index is 11.8. The summed E-state index contributed by atoms with van der Waals surface area (Å²) >= 11 is 0. The Morgan fingerprint density at radius 1 is 1.28 bits per heavy atom. The predicted octanol–water partition coefficient (Wildman–Crippen LogP) is 2.04. The molecule has 18 heavy (non-hydrogen) atoms. The zero-order valence-corrected chi connectivity index (χ0v) is 11.4. The van der Waals surface area contributed by atoms with Gasteiger partial charge in [-0.2, -0.15) is 0 Å². The molecule has 0 bridgehead atoms. The largest absolute Gasteiger partial charge is 0.466 e. The summed E-state index contributed by atoms with van der Waals surface area (Å²) < 4.78 is 5.11. The molecule has 0 N–H and O–H groups in total. The molecule has 0 aliphatic heterocycles. The van der Waals surface area contributed by atoms with Crippen LogP contribution in [0, 0.1) is 0 Å². The molecule has 0 unspecified atom stereocenters. The lowest BCUT2D eigenvalue weighted by Gasteiger charge is -2.35. The first-order chi connectivity index (χ1) is 8.57. The van der Waals surface area contributed by atoms with Crippen LogP contribution < -0.4 is 0 Å². The molecule has 0 fully saturated rings. The van der Waals surface area contributed by atoms with Crippen LogP contribution in [0.3, 0.4) is 0 Å². The molecule has 0 aromatic heterocycles. The Morgan fingerprint density at radius 3 is 2.28 bits per heavy atom. The molecular formula is C15H21NO2. The molecule has 0 saturated carbocycles. The summed E-state index contributed by atoms with van der Waals surface area (Å²) in [5.74, 6) is -0.0981. The number of hydrogen-bond donors (Lipinski definition) is 0. The van der Waals surface area contributed by atoms with Gasteiger partial charge in [0.1, 0.15) is 0 Å². The summed E-state index contributed by atoms with van der Waals surface area (Å²) in [6.07, 6.45) is 2.31. The van der Waals surface area contributed by atoms with Gasteiger partial charge < -0.3 is 9.64 Å². The van der Waals surface area contributed by atoms with E-state index in [1.807, 2.05) is 21.0 Å². The van der Waals surface area contributed by atoms with Crippen LogP contribution in [0.2, 0.25) is 0 Å². The molecule has 0 radical (unpaired) electrons. The van der Waals surface area contributed by atoms with Crippen molar-refractivity contribution in [1.29, 1.82) is 0 Å². The van der Waals surface area contributed by atoms with Gasteiger partial charge in [-0.25, -0.2) is 0 Å². The van der Waals surface area contributed by atoms with Gasteiger partial charge in [-0.1, -0.05) is 24.3 Å². The first-order valence-corrected chi connectivity index (χ1v) is 6.47. The Hall–Kier alpha value is -1.35. The van der Waals surface area contributed by atoms with Crippen LogP contribution in [0.1, 0.15) is 24.5 Å². The minimum Gasteiger partial charge on any atom is -0.466 e. The number of likely N-dealkylation sites (N-methyl/N-ethyl adjacent to an activating group) is 1. The van der Waals surface area contributed by atoms with Crippen LogP contribution in [0.5, 0.6) is 0 Å². The van der Waals surface area contributed by atoms with E-state index < -0.39 is 0 Å². The van der Waals surface area contributed by atoms with Crippen LogP contribution in [-0.2, 0) is 22.4 Å². The molecule has 0 amide bonds. The van der Waals surface area contributed by atoms with Gasteiger partial charge in [0.25, 0.3) is 0 Å². The maximum absolute atomic E-state index is 11.8. The van der Waals surface area contributed by atoms with Crippen LogP contribution in [0.25, 0.3) is 0 Å². The zero-order valence-electron chi connectivity index (χ0n) is 11.4. The highest BCUT2D eigenvalue weighted by Gasteiger charge is 2.41. The van der Waals surface area contributed by atoms with Gasteiger partial charge in [-0.05, 0) is 45.0 Å². The highest BCUT2D eigenvalue weighted by Crippen LogP contribution is 2.36. The molecule has 3 nitrogen and oxygen atoms in total. The Balaban J connectivity index is 2.19.